The number of methoxy groups -OCH3 is 2. The van der Waals surface area contributed by atoms with Crippen LogP contribution in [-0.4, -0.2) is 35.1 Å². The van der Waals surface area contributed by atoms with Gasteiger partial charge in [-0.1, -0.05) is 6.08 Å². The highest BCUT2D eigenvalue weighted by molar-refractivity contribution is 7.92. The molecule has 2 rings (SSSR count). The molecule has 1 amide bonds. The van der Waals surface area contributed by atoms with Crippen molar-refractivity contribution in [1.29, 1.82) is 0 Å². The standard InChI is InChI=1S/C18H20N2O5S/c1-4-11-19-18(21)13-5-8-15(9-6-13)26(22,23)20-14-7-10-16(24-2)17(12-14)25-3/h4-10,12,20H,1,11H2,2-3H3,(H,19,21). The summed E-state index contributed by atoms with van der Waals surface area (Å²) in [5, 5.41) is 2.62. The van der Waals surface area contributed by atoms with Crippen LogP contribution in [0.4, 0.5) is 5.69 Å². The summed E-state index contributed by atoms with van der Waals surface area (Å²) in [6.07, 6.45) is 1.56. The van der Waals surface area contributed by atoms with Crippen LogP contribution >= 0.6 is 0 Å². The van der Waals surface area contributed by atoms with Gasteiger partial charge in [0, 0.05) is 18.2 Å². The van der Waals surface area contributed by atoms with E-state index < -0.39 is 10.0 Å². The number of anilines is 1. The quantitative estimate of drug-likeness (QED) is 0.690. The predicted octanol–water partition coefficient (Wildman–Crippen LogP) is 2.42. The molecule has 0 heterocycles. The lowest BCUT2D eigenvalue weighted by Crippen LogP contribution is -2.23. The van der Waals surface area contributed by atoms with E-state index in [2.05, 4.69) is 16.6 Å². The Bertz CT molecular complexity index is 892. The second-order valence-corrected chi connectivity index (χ2v) is 6.88. The summed E-state index contributed by atoms with van der Waals surface area (Å²) < 4.78 is 37.8. The van der Waals surface area contributed by atoms with Gasteiger partial charge in [0.15, 0.2) is 11.5 Å². The van der Waals surface area contributed by atoms with E-state index in [1.54, 1.807) is 18.2 Å². The molecule has 0 aliphatic rings. The zero-order valence-corrected chi connectivity index (χ0v) is 15.3. The van der Waals surface area contributed by atoms with Crippen LogP contribution in [0.2, 0.25) is 0 Å². The maximum absolute atomic E-state index is 12.5. The molecular formula is C18H20N2O5S. The van der Waals surface area contributed by atoms with E-state index in [1.807, 2.05) is 0 Å². The number of nitrogens with one attached hydrogen (secondary N) is 2. The first-order valence-electron chi connectivity index (χ1n) is 7.65. The molecule has 138 valence electrons. The monoisotopic (exact) mass is 376 g/mol. The van der Waals surface area contributed by atoms with Crippen molar-refractivity contribution in [2.24, 2.45) is 0 Å². The third-order valence-corrected chi connectivity index (χ3v) is 4.87. The van der Waals surface area contributed by atoms with Gasteiger partial charge in [0.25, 0.3) is 15.9 Å². The van der Waals surface area contributed by atoms with E-state index >= 15 is 0 Å². The van der Waals surface area contributed by atoms with E-state index in [0.717, 1.165) is 0 Å². The fraction of sp³-hybridized carbons (Fsp3) is 0.167. The summed E-state index contributed by atoms with van der Waals surface area (Å²) in [7, 11) is -0.852. The number of sulfonamides is 1. The Morgan fingerprint density at radius 2 is 1.73 bits per heavy atom. The Morgan fingerprint density at radius 3 is 2.31 bits per heavy atom. The second-order valence-electron chi connectivity index (χ2n) is 5.20. The molecular weight excluding hydrogens is 356 g/mol. The third-order valence-electron chi connectivity index (χ3n) is 3.47. The first-order valence-corrected chi connectivity index (χ1v) is 9.13. The highest BCUT2D eigenvalue weighted by Crippen LogP contribution is 2.30. The zero-order valence-electron chi connectivity index (χ0n) is 14.5. The molecule has 0 aromatic heterocycles. The average Bonchev–Trinajstić information content (AvgIpc) is 2.65. The molecule has 0 fully saturated rings. The summed E-state index contributed by atoms with van der Waals surface area (Å²) in [6, 6.07) is 10.3. The number of carbonyl (C=O) groups excluding carboxylic acids is 1. The van der Waals surface area contributed by atoms with Gasteiger partial charge in [-0.25, -0.2) is 8.42 Å². The average molecular weight is 376 g/mol. The van der Waals surface area contributed by atoms with Gasteiger partial charge in [-0.3, -0.25) is 9.52 Å². The topological polar surface area (TPSA) is 93.7 Å². The Hall–Kier alpha value is -3.00. The fourth-order valence-corrected chi connectivity index (χ4v) is 3.22. The van der Waals surface area contributed by atoms with Crippen LogP contribution in [0.25, 0.3) is 0 Å². The number of hydrogen-bond acceptors (Lipinski definition) is 5. The molecule has 0 radical (unpaired) electrons. The minimum absolute atomic E-state index is 0.0348. The van der Waals surface area contributed by atoms with Crippen molar-refractivity contribution in [2.75, 3.05) is 25.5 Å². The van der Waals surface area contributed by atoms with E-state index in [4.69, 9.17) is 9.47 Å². The molecule has 0 bridgehead atoms. The van der Waals surface area contributed by atoms with Crippen LogP contribution in [0.15, 0.2) is 60.0 Å². The summed E-state index contributed by atoms with van der Waals surface area (Å²) in [6.45, 7) is 3.85. The van der Waals surface area contributed by atoms with Crippen molar-refractivity contribution in [1.82, 2.24) is 5.32 Å². The smallest absolute Gasteiger partial charge is 0.261 e. The number of rotatable bonds is 8. The molecule has 0 saturated carbocycles. The van der Waals surface area contributed by atoms with Gasteiger partial charge >= 0.3 is 0 Å². The molecule has 2 aromatic rings. The van der Waals surface area contributed by atoms with Crippen molar-refractivity contribution in [3.8, 4) is 11.5 Å². The Kier molecular flexibility index (Phi) is 6.24. The molecule has 0 spiro atoms. The number of ether oxygens (including phenoxy) is 2. The normalized spacial score (nSPS) is 10.7. The van der Waals surface area contributed by atoms with Crippen LogP contribution in [-0.2, 0) is 10.0 Å². The molecule has 0 atom stereocenters. The summed E-state index contributed by atoms with van der Waals surface area (Å²) >= 11 is 0. The van der Waals surface area contributed by atoms with Crippen LogP contribution in [0.3, 0.4) is 0 Å². The van der Waals surface area contributed by atoms with Crippen LogP contribution in [0, 0.1) is 0 Å². The molecule has 0 unspecified atom stereocenters. The van der Waals surface area contributed by atoms with Crippen LogP contribution in [0.5, 0.6) is 11.5 Å². The van der Waals surface area contributed by atoms with Crippen LogP contribution < -0.4 is 19.5 Å². The first-order chi connectivity index (χ1) is 12.4. The van der Waals surface area contributed by atoms with Crippen molar-refractivity contribution >= 4 is 21.6 Å². The maximum Gasteiger partial charge on any atom is 0.261 e. The zero-order chi connectivity index (χ0) is 19.2. The van der Waals surface area contributed by atoms with E-state index in [0.29, 0.717) is 29.3 Å². The molecule has 8 heteroatoms. The molecule has 26 heavy (non-hydrogen) atoms. The minimum atomic E-state index is -3.81. The van der Waals surface area contributed by atoms with Crippen LogP contribution in [0.1, 0.15) is 10.4 Å². The fourth-order valence-electron chi connectivity index (χ4n) is 2.17. The molecule has 2 aromatic carbocycles. The number of hydrogen-bond donors (Lipinski definition) is 2. The Balaban J connectivity index is 2.20. The van der Waals surface area contributed by atoms with Gasteiger partial charge in [0.05, 0.1) is 24.8 Å². The number of carbonyl (C=O) groups is 1. The number of amides is 1. The molecule has 0 saturated heterocycles. The highest BCUT2D eigenvalue weighted by atomic mass is 32.2. The van der Waals surface area contributed by atoms with Crippen molar-refractivity contribution in [3.05, 3.63) is 60.7 Å². The highest BCUT2D eigenvalue weighted by Gasteiger charge is 2.16. The summed E-state index contributed by atoms with van der Waals surface area (Å²) in [5.41, 5.74) is 0.687. The van der Waals surface area contributed by atoms with E-state index in [1.165, 1.54) is 44.6 Å². The van der Waals surface area contributed by atoms with Gasteiger partial charge in [-0.2, -0.15) is 0 Å². The Labute approximate surface area is 152 Å². The van der Waals surface area contributed by atoms with Crippen molar-refractivity contribution < 1.29 is 22.7 Å². The van der Waals surface area contributed by atoms with E-state index in [-0.39, 0.29) is 10.8 Å². The third kappa shape index (κ3) is 4.54. The lowest BCUT2D eigenvalue weighted by atomic mass is 10.2. The SMILES string of the molecule is C=CCNC(=O)c1ccc(S(=O)(=O)Nc2ccc(OC)c(OC)c2)cc1. The van der Waals surface area contributed by atoms with Gasteiger partial charge < -0.3 is 14.8 Å². The first kappa shape index (κ1) is 19.3. The van der Waals surface area contributed by atoms with Crippen molar-refractivity contribution in [2.45, 2.75) is 4.90 Å². The maximum atomic E-state index is 12.5. The minimum Gasteiger partial charge on any atom is -0.493 e. The summed E-state index contributed by atoms with van der Waals surface area (Å²) in [4.78, 5) is 11.9. The molecule has 2 N–H and O–H groups in total. The predicted molar refractivity (Wildman–Crippen MR) is 99.3 cm³/mol. The van der Waals surface area contributed by atoms with Gasteiger partial charge in [-0.05, 0) is 36.4 Å². The van der Waals surface area contributed by atoms with Crippen molar-refractivity contribution in [3.63, 3.8) is 0 Å². The van der Waals surface area contributed by atoms with Gasteiger partial charge in [-0.15, -0.1) is 6.58 Å². The van der Waals surface area contributed by atoms with Gasteiger partial charge in [0.1, 0.15) is 0 Å². The lowest BCUT2D eigenvalue weighted by Gasteiger charge is -2.12. The largest absolute Gasteiger partial charge is 0.493 e. The van der Waals surface area contributed by atoms with E-state index in [9.17, 15) is 13.2 Å². The molecule has 7 nitrogen and oxygen atoms in total. The summed E-state index contributed by atoms with van der Waals surface area (Å²) in [5.74, 6) is 0.592. The molecule has 0 aliphatic heterocycles. The van der Waals surface area contributed by atoms with Gasteiger partial charge in [0.2, 0.25) is 0 Å². The molecule has 0 aliphatic carbocycles. The second kappa shape index (κ2) is 8.39. The lowest BCUT2D eigenvalue weighted by molar-refractivity contribution is 0.0958. The Morgan fingerprint density at radius 1 is 1.08 bits per heavy atom. The number of benzene rings is 2.